The number of carbonyl (C=O) groups excluding carboxylic acids is 2. The third-order valence-corrected chi connectivity index (χ3v) is 8.64. The normalized spacial score (nSPS) is 42.3. The molecule has 0 aromatic carbocycles. The fraction of sp³-hybridized carbons (Fsp3) is 0.769. The maximum absolute atomic E-state index is 12.8. The van der Waals surface area contributed by atoms with Gasteiger partial charge in [0.2, 0.25) is 0 Å². The van der Waals surface area contributed by atoms with Crippen LogP contribution in [-0.4, -0.2) is 58.3 Å². The van der Waals surface area contributed by atoms with E-state index < -0.39 is 40.7 Å². The summed E-state index contributed by atoms with van der Waals surface area (Å²) >= 11 is 0. The van der Waals surface area contributed by atoms with Gasteiger partial charge in [-0.2, -0.15) is 0 Å². The first-order valence-electron chi connectivity index (χ1n) is 12.0. The van der Waals surface area contributed by atoms with E-state index in [-0.39, 0.29) is 24.2 Å². The van der Waals surface area contributed by atoms with Gasteiger partial charge < -0.3 is 24.8 Å². The highest BCUT2D eigenvalue weighted by atomic mass is 16.6. The Morgan fingerprint density at radius 3 is 2.58 bits per heavy atom. The second-order valence-corrected chi connectivity index (χ2v) is 11.2. The molecule has 0 radical (unpaired) electrons. The topological polar surface area (TPSA) is 113 Å². The number of allylic oxidation sites excluding steroid dienone is 1. The average molecular weight is 465 g/mol. The highest BCUT2D eigenvalue weighted by Crippen LogP contribution is 2.63. The molecule has 0 bridgehead atoms. The summed E-state index contributed by atoms with van der Waals surface area (Å²) in [6, 6.07) is 0. The fourth-order valence-electron chi connectivity index (χ4n) is 7.32. The van der Waals surface area contributed by atoms with E-state index in [2.05, 4.69) is 6.92 Å². The van der Waals surface area contributed by atoms with Crippen LogP contribution < -0.4 is 0 Å². The third-order valence-electron chi connectivity index (χ3n) is 8.64. The van der Waals surface area contributed by atoms with Crippen LogP contribution >= 0.6 is 0 Å². The van der Waals surface area contributed by atoms with Gasteiger partial charge >= 0.3 is 11.9 Å². The van der Waals surface area contributed by atoms with E-state index in [1.54, 1.807) is 19.9 Å². The number of ether oxygens (including phenoxy) is 2. The molecular weight excluding hydrogens is 424 g/mol. The van der Waals surface area contributed by atoms with Crippen LogP contribution in [0.15, 0.2) is 23.3 Å². The van der Waals surface area contributed by atoms with Crippen LogP contribution in [0.5, 0.6) is 0 Å². The third kappa shape index (κ3) is 4.64. The Hall–Kier alpha value is -1.70. The smallest absolute Gasteiger partial charge is 0.331 e. The summed E-state index contributed by atoms with van der Waals surface area (Å²) in [5.41, 5.74) is -0.695. The van der Waals surface area contributed by atoms with Crippen LogP contribution in [0.1, 0.15) is 73.1 Å². The van der Waals surface area contributed by atoms with E-state index in [9.17, 15) is 24.9 Å². The van der Waals surface area contributed by atoms with Gasteiger partial charge in [0.1, 0.15) is 6.10 Å². The molecule has 0 unspecified atom stereocenters. The molecule has 2 saturated carbocycles. The number of fused-ring (bicyclic) bond motifs is 1. The van der Waals surface area contributed by atoms with E-state index in [4.69, 9.17) is 9.47 Å². The van der Waals surface area contributed by atoms with Gasteiger partial charge in [-0.05, 0) is 70.3 Å². The predicted molar refractivity (Wildman–Crippen MR) is 123 cm³/mol. The summed E-state index contributed by atoms with van der Waals surface area (Å²) in [5, 5.41) is 33.1. The zero-order chi connectivity index (χ0) is 24.8. The van der Waals surface area contributed by atoms with Crippen LogP contribution in [0.4, 0.5) is 0 Å². The fourth-order valence-corrected chi connectivity index (χ4v) is 7.32. The number of rotatable bonds is 6. The zero-order valence-corrected chi connectivity index (χ0v) is 20.8. The molecular formula is C26H40O7. The minimum atomic E-state index is -1.09. The van der Waals surface area contributed by atoms with Crippen molar-refractivity contribution in [2.45, 2.75) is 97.1 Å². The minimum absolute atomic E-state index is 0.144. The lowest BCUT2D eigenvalue weighted by molar-refractivity contribution is -0.224. The van der Waals surface area contributed by atoms with Gasteiger partial charge in [0.25, 0.3) is 0 Å². The Labute approximate surface area is 196 Å². The molecule has 3 N–H and O–H groups in total. The molecule has 3 rings (SSSR count). The number of carbonyl (C=O) groups is 2. The maximum Gasteiger partial charge on any atom is 0.331 e. The van der Waals surface area contributed by atoms with Crippen molar-refractivity contribution in [1.82, 2.24) is 0 Å². The lowest BCUT2D eigenvalue weighted by Gasteiger charge is -2.62. The van der Waals surface area contributed by atoms with Gasteiger partial charge in [-0.3, -0.25) is 4.79 Å². The van der Waals surface area contributed by atoms with Gasteiger partial charge in [0.15, 0.2) is 6.10 Å². The number of aliphatic hydroxyl groups excluding tert-OH is 2. The molecule has 0 spiro atoms. The van der Waals surface area contributed by atoms with Crippen molar-refractivity contribution >= 4 is 11.9 Å². The average Bonchev–Trinajstić information content (AvgIpc) is 3.03. The van der Waals surface area contributed by atoms with Gasteiger partial charge in [-0.15, -0.1) is 0 Å². The van der Waals surface area contributed by atoms with Crippen LogP contribution in [0.25, 0.3) is 0 Å². The molecule has 0 aromatic rings. The van der Waals surface area contributed by atoms with Crippen molar-refractivity contribution in [2.24, 2.45) is 22.7 Å². The van der Waals surface area contributed by atoms with Gasteiger partial charge in [-0.1, -0.05) is 25.0 Å². The Kier molecular flexibility index (Phi) is 7.19. The Morgan fingerprint density at radius 1 is 1.33 bits per heavy atom. The molecule has 1 aliphatic heterocycles. The Morgan fingerprint density at radius 2 is 2.00 bits per heavy atom. The van der Waals surface area contributed by atoms with E-state index in [0.29, 0.717) is 24.8 Å². The summed E-state index contributed by atoms with van der Waals surface area (Å²) in [7, 11) is 1.39. The van der Waals surface area contributed by atoms with Crippen LogP contribution in [0.3, 0.4) is 0 Å². The highest BCUT2D eigenvalue weighted by Gasteiger charge is 2.64. The van der Waals surface area contributed by atoms with Crippen molar-refractivity contribution < 1.29 is 34.4 Å². The number of aliphatic hydroxyl groups is 3. The zero-order valence-electron chi connectivity index (χ0n) is 20.8. The first-order chi connectivity index (χ1) is 15.3. The predicted octanol–water partition coefficient (Wildman–Crippen LogP) is 3.06. The summed E-state index contributed by atoms with van der Waals surface area (Å²) in [6.07, 6.45) is 4.50. The standard InChI is InChI=1S/C26H40O7/c1-15(12-17(27)21-16(2)13-20(29)33-21)8-9-19-24(3)10-7-11-25(4,23(30)32-6)22(24)18(28)14-26(19,5)31/h12-13,17-19,21-22,27-28,31H,7-11,14H2,1-6H3/b15-12+/t17-,18-,19+,21-,22+,24+,25+,26+/m0/s1. The van der Waals surface area contributed by atoms with Crippen molar-refractivity contribution in [3.63, 3.8) is 0 Å². The van der Waals surface area contributed by atoms with Crippen molar-refractivity contribution in [3.8, 4) is 0 Å². The molecule has 0 saturated heterocycles. The van der Waals surface area contributed by atoms with E-state index in [1.165, 1.54) is 13.2 Å². The lowest BCUT2D eigenvalue weighted by Crippen LogP contribution is -2.64. The monoisotopic (exact) mass is 464 g/mol. The summed E-state index contributed by atoms with van der Waals surface area (Å²) in [5.74, 6) is -1.19. The summed E-state index contributed by atoms with van der Waals surface area (Å²) in [4.78, 5) is 24.3. The van der Waals surface area contributed by atoms with Gasteiger partial charge in [0, 0.05) is 18.4 Å². The number of hydrogen-bond donors (Lipinski definition) is 3. The largest absolute Gasteiger partial charge is 0.469 e. The van der Waals surface area contributed by atoms with E-state index in [1.807, 2.05) is 13.8 Å². The first kappa shape index (κ1) is 25.9. The SMILES string of the molecule is COC(=O)[C@]1(C)CCC[C@@]2(C)[C@H]1[C@@H](O)C[C@@](C)(O)[C@@H]2CC/C(C)=C/[C@H](O)[C@H]1OC(=O)C=C1C. The lowest BCUT2D eigenvalue weighted by atomic mass is 9.44. The van der Waals surface area contributed by atoms with Gasteiger partial charge in [-0.25, -0.2) is 4.79 Å². The Bertz CT molecular complexity index is 844. The molecule has 7 heteroatoms. The maximum atomic E-state index is 12.8. The van der Waals surface area contributed by atoms with Crippen molar-refractivity contribution in [2.75, 3.05) is 7.11 Å². The van der Waals surface area contributed by atoms with E-state index in [0.717, 1.165) is 18.4 Å². The molecule has 186 valence electrons. The number of esters is 2. The molecule has 33 heavy (non-hydrogen) atoms. The summed E-state index contributed by atoms with van der Waals surface area (Å²) < 4.78 is 10.3. The van der Waals surface area contributed by atoms with Crippen LogP contribution in [0.2, 0.25) is 0 Å². The van der Waals surface area contributed by atoms with Gasteiger partial charge in [0.05, 0.1) is 24.2 Å². The van der Waals surface area contributed by atoms with E-state index >= 15 is 0 Å². The molecule has 2 fully saturated rings. The first-order valence-corrected chi connectivity index (χ1v) is 12.0. The molecule has 1 heterocycles. The second-order valence-electron chi connectivity index (χ2n) is 11.2. The van der Waals surface area contributed by atoms with Crippen molar-refractivity contribution in [1.29, 1.82) is 0 Å². The molecule has 0 amide bonds. The van der Waals surface area contributed by atoms with Crippen LogP contribution in [0, 0.1) is 22.7 Å². The molecule has 7 nitrogen and oxygen atoms in total. The highest BCUT2D eigenvalue weighted by molar-refractivity contribution is 5.85. The molecule has 2 aliphatic carbocycles. The summed E-state index contributed by atoms with van der Waals surface area (Å²) in [6.45, 7) is 9.45. The molecule has 0 aromatic heterocycles. The van der Waals surface area contributed by atoms with Crippen molar-refractivity contribution in [3.05, 3.63) is 23.3 Å². The number of hydrogen-bond acceptors (Lipinski definition) is 7. The number of methoxy groups -OCH3 is 1. The Balaban J connectivity index is 1.82. The quantitative estimate of drug-likeness (QED) is 0.409. The molecule has 3 aliphatic rings. The number of cyclic esters (lactones) is 1. The van der Waals surface area contributed by atoms with Crippen LogP contribution in [-0.2, 0) is 19.1 Å². The molecule has 8 atom stereocenters. The second kappa shape index (κ2) is 9.16. The minimum Gasteiger partial charge on any atom is -0.469 e.